The highest BCUT2D eigenvalue weighted by Gasteiger charge is 2.36. The van der Waals surface area contributed by atoms with Gasteiger partial charge in [-0.2, -0.15) is 0 Å². The van der Waals surface area contributed by atoms with Gasteiger partial charge >= 0.3 is 0 Å². The van der Waals surface area contributed by atoms with Gasteiger partial charge in [0.05, 0.1) is 18.7 Å². The van der Waals surface area contributed by atoms with E-state index in [1.54, 1.807) is 48.5 Å². The van der Waals surface area contributed by atoms with Crippen LogP contribution >= 0.6 is 0 Å². The minimum atomic E-state index is -0.552. The molecule has 2 N–H and O–H groups in total. The average molecular weight is 353 g/mol. The lowest BCUT2D eigenvalue weighted by Crippen LogP contribution is -2.45. The summed E-state index contributed by atoms with van der Waals surface area (Å²) in [5, 5.41) is 0. The van der Waals surface area contributed by atoms with Gasteiger partial charge in [-0.15, -0.1) is 0 Å². The Bertz CT molecular complexity index is 823. The molecule has 0 radical (unpaired) electrons. The van der Waals surface area contributed by atoms with Gasteiger partial charge in [0, 0.05) is 18.5 Å². The third kappa shape index (κ3) is 3.66. The molecule has 0 aliphatic carbocycles. The van der Waals surface area contributed by atoms with Gasteiger partial charge in [0.1, 0.15) is 5.75 Å². The van der Waals surface area contributed by atoms with Crippen molar-refractivity contribution >= 4 is 23.4 Å². The van der Waals surface area contributed by atoms with Gasteiger partial charge in [-0.3, -0.25) is 25.2 Å². The molecular formula is C19H19N3O4. The molecule has 1 aliphatic rings. The van der Waals surface area contributed by atoms with E-state index < -0.39 is 17.7 Å². The number of benzene rings is 2. The monoisotopic (exact) mass is 353 g/mol. The summed E-state index contributed by atoms with van der Waals surface area (Å²) in [4.78, 5) is 38.2. The first-order chi connectivity index (χ1) is 12.6. The molecule has 3 amide bonds. The smallest absolute Gasteiger partial charge is 0.269 e. The van der Waals surface area contributed by atoms with Crippen molar-refractivity contribution in [3.63, 3.8) is 0 Å². The fourth-order valence-corrected chi connectivity index (χ4v) is 2.85. The molecule has 134 valence electrons. The number of hydrogen-bond donors (Lipinski definition) is 2. The molecule has 26 heavy (non-hydrogen) atoms. The van der Waals surface area contributed by atoms with Crippen molar-refractivity contribution in [2.45, 2.75) is 6.42 Å². The van der Waals surface area contributed by atoms with Crippen LogP contribution in [0, 0.1) is 5.92 Å². The van der Waals surface area contributed by atoms with Gasteiger partial charge in [-0.25, -0.2) is 0 Å². The van der Waals surface area contributed by atoms with Crippen molar-refractivity contribution in [1.29, 1.82) is 0 Å². The number of carbonyl (C=O) groups is 3. The van der Waals surface area contributed by atoms with Gasteiger partial charge in [-0.05, 0) is 24.3 Å². The number of hydrogen-bond acceptors (Lipinski definition) is 4. The van der Waals surface area contributed by atoms with Crippen LogP contribution in [-0.4, -0.2) is 31.4 Å². The molecule has 2 aromatic carbocycles. The zero-order valence-corrected chi connectivity index (χ0v) is 14.3. The van der Waals surface area contributed by atoms with E-state index in [1.165, 1.54) is 12.0 Å². The largest absolute Gasteiger partial charge is 0.495 e. The highest BCUT2D eigenvalue weighted by molar-refractivity contribution is 6.02. The Hall–Kier alpha value is -3.35. The molecule has 0 spiro atoms. The normalized spacial score (nSPS) is 16.3. The number of nitrogens with one attached hydrogen (secondary N) is 2. The molecule has 1 atom stereocenters. The molecule has 3 rings (SSSR count). The highest BCUT2D eigenvalue weighted by Crippen LogP contribution is 2.32. The number of nitrogens with zero attached hydrogens (tertiary/aromatic N) is 1. The van der Waals surface area contributed by atoms with Crippen molar-refractivity contribution in [3.05, 3.63) is 60.2 Å². The van der Waals surface area contributed by atoms with Crippen LogP contribution in [0.1, 0.15) is 16.8 Å². The summed E-state index contributed by atoms with van der Waals surface area (Å²) in [6, 6.07) is 15.7. The molecule has 1 saturated heterocycles. The molecule has 2 aromatic rings. The quantitative estimate of drug-likeness (QED) is 0.816. The van der Waals surface area contributed by atoms with Gasteiger partial charge in [-0.1, -0.05) is 30.3 Å². The van der Waals surface area contributed by atoms with E-state index in [4.69, 9.17) is 4.74 Å². The van der Waals surface area contributed by atoms with Gasteiger partial charge in [0.2, 0.25) is 11.8 Å². The SMILES string of the molecule is COc1ccccc1N1C[C@@H](C(=O)NNC(=O)c2ccccc2)CC1=O. The molecule has 7 heteroatoms. The number of hydrazine groups is 1. The predicted octanol–water partition coefficient (Wildman–Crippen LogP) is 1.51. The van der Waals surface area contributed by atoms with Crippen molar-refractivity contribution in [3.8, 4) is 5.75 Å². The fraction of sp³-hybridized carbons (Fsp3) is 0.211. The lowest BCUT2D eigenvalue weighted by molar-refractivity contribution is -0.126. The highest BCUT2D eigenvalue weighted by atomic mass is 16.5. The molecule has 0 saturated carbocycles. The maximum atomic E-state index is 12.3. The van der Waals surface area contributed by atoms with Gasteiger partial charge in [0.25, 0.3) is 5.91 Å². The maximum absolute atomic E-state index is 12.3. The summed E-state index contributed by atoms with van der Waals surface area (Å²) < 4.78 is 5.28. The molecule has 0 aromatic heterocycles. The predicted molar refractivity (Wildman–Crippen MR) is 95.5 cm³/mol. The first-order valence-corrected chi connectivity index (χ1v) is 8.18. The summed E-state index contributed by atoms with van der Waals surface area (Å²) in [6.07, 6.45) is 0.0745. The van der Waals surface area contributed by atoms with Crippen LogP contribution in [0.15, 0.2) is 54.6 Å². The van der Waals surface area contributed by atoms with Crippen molar-refractivity contribution < 1.29 is 19.1 Å². The van der Waals surface area contributed by atoms with Crippen LogP contribution in [0.5, 0.6) is 5.75 Å². The van der Waals surface area contributed by atoms with E-state index in [-0.39, 0.29) is 18.9 Å². The molecule has 7 nitrogen and oxygen atoms in total. The number of carbonyl (C=O) groups excluding carboxylic acids is 3. The van der Waals surface area contributed by atoms with Crippen LogP contribution in [0.25, 0.3) is 0 Å². The lowest BCUT2D eigenvalue weighted by Gasteiger charge is -2.19. The second-order valence-electron chi connectivity index (χ2n) is 5.89. The summed E-state index contributed by atoms with van der Waals surface area (Å²) in [5.74, 6) is -0.961. The molecular weight excluding hydrogens is 334 g/mol. The Morgan fingerprint density at radius 2 is 1.73 bits per heavy atom. The van der Waals surface area contributed by atoms with E-state index in [2.05, 4.69) is 10.9 Å². The Labute approximate surface area is 150 Å². The minimum Gasteiger partial charge on any atom is -0.495 e. The standard InChI is InChI=1S/C19H19N3O4/c1-26-16-10-6-5-9-15(16)22-12-14(11-17(22)23)19(25)21-20-18(24)13-7-3-2-4-8-13/h2-10,14H,11-12H2,1H3,(H,20,24)(H,21,25)/t14-/m0/s1. The summed E-state index contributed by atoms with van der Waals surface area (Å²) in [6.45, 7) is 0.228. The number of anilines is 1. The van der Waals surface area contributed by atoms with Crippen LogP contribution in [0.4, 0.5) is 5.69 Å². The number of rotatable bonds is 4. The fourth-order valence-electron chi connectivity index (χ4n) is 2.85. The first-order valence-electron chi connectivity index (χ1n) is 8.18. The molecule has 1 aliphatic heterocycles. The summed E-state index contributed by atoms with van der Waals surface area (Å²) >= 11 is 0. The number of ether oxygens (including phenoxy) is 1. The zero-order chi connectivity index (χ0) is 18.5. The summed E-state index contributed by atoms with van der Waals surface area (Å²) in [5.41, 5.74) is 5.83. The molecule has 0 bridgehead atoms. The Morgan fingerprint density at radius 3 is 2.46 bits per heavy atom. The van der Waals surface area contributed by atoms with Crippen molar-refractivity contribution in [2.75, 3.05) is 18.6 Å². The second kappa shape index (κ2) is 7.69. The van der Waals surface area contributed by atoms with E-state index in [9.17, 15) is 14.4 Å². The first kappa shape index (κ1) is 17.5. The minimum absolute atomic E-state index is 0.0745. The third-order valence-corrected chi connectivity index (χ3v) is 4.21. The molecule has 0 unspecified atom stereocenters. The van der Waals surface area contributed by atoms with Gasteiger partial charge in [0.15, 0.2) is 0 Å². The Balaban J connectivity index is 1.61. The van der Waals surface area contributed by atoms with Crippen LogP contribution in [0.3, 0.4) is 0 Å². The number of para-hydroxylation sites is 2. The van der Waals surface area contributed by atoms with E-state index >= 15 is 0 Å². The zero-order valence-electron chi connectivity index (χ0n) is 14.3. The third-order valence-electron chi connectivity index (χ3n) is 4.21. The Morgan fingerprint density at radius 1 is 1.04 bits per heavy atom. The van der Waals surface area contributed by atoms with Gasteiger partial charge < -0.3 is 9.64 Å². The molecule has 1 heterocycles. The summed E-state index contributed by atoms with van der Waals surface area (Å²) in [7, 11) is 1.53. The van der Waals surface area contributed by atoms with Crippen LogP contribution in [0.2, 0.25) is 0 Å². The van der Waals surface area contributed by atoms with E-state index in [0.29, 0.717) is 17.0 Å². The maximum Gasteiger partial charge on any atom is 0.269 e. The Kier molecular flexibility index (Phi) is 5.17. The second-order valence-corrected chi connectivity index (χ2v) is 5.89. The van der Waals surface area contributed by atoms with Crippen molar-refractivity contribution in [1.82, 2.24) is 10.9 Å². The average Bonchev–Trinajstić information content (AvgIpc) is 3.08. The topological polar surface area (TPSA) is 87.7 Å². The lowest BCUT2D eigenvalue weighted by atomic mass is 10.1. The van der Waals surface area contributed by atoms with Crippen LogP contribution in [-0.2, 0) is 9.59 Å². The number of amides is 3. The van der Waals surface area contributed by atoms with E-state index in [0.717, 1.165) is 0 Å². The number of methoxy groups -OCH3 is 1. The van der Waals surface area contributed by atoms with Crippen LogP contribution < -0.4 is 20.5 Å². The molecule has 1 fully saturated rings. The van der Waals surface area contributed by atoms with E-state index in [1.807, 2.05) is 6.07 Å². The van der Waals surface area contributed by atoms with Crippen molar-refractivity contribution in [2.24, 2.45) is 5.92 Å².